The van der Waals surface area contributed by atoms with Crippen molar-refractivity contribution in [3.05, 3.63) is 58.3 Å². The lowest BCUT2D eigenvalue weighted by atomic mass is 10.1. The Labute approximate surface area is 126 Å². The fourth-order valence-corrected chi connectivity index (χ4v) is 3.41. The number of aromatic nitrogens is 1. The van der Waals surface area contributed by atoms with Gasteiger partial charge in [0.25, 0.3) is 0 Å². The van der Waals surface area contributed by atoms with Crippen molar-refractivity contribution in [2.75, 3.05) is 4.72 Å². The van der Waals surface area contributed by atoms with Gasteiger partial charge < -0.3 is 5.73 Å². The molecule has 0 atom stereocenters. The van der Waals surface area contributed by atoms with E-state index in [0.29, 0.717) is 22.3 Å². The monoisotopic (exact) mass is 355 g/mol. The molecule has 0 bridgehead atoms. The van der Waals surface area contributed by atoms with E-state index >= 15 is 0 Å². The van der Waals surface area contributed by atoms with Crippen molar-refractivity contribution in [2.24, 2.45) is 5.73 Å². The van der Waals surface area contributed by atoms with Gasteiger partial charge in [-0.05, 0) is 33.1 Å². The third-order valence-corrected chi connectivity index (χ3v) is 4.50. The average molecular weight is 356 g/mol. The summed E-state index contributed by atoms with van der Waals surface area (Å²) in [6.07, 6.45) is 3.06. The van der Waals surface area contributed by atoms with Crippen molar-refractivity contribution in [3.8, 4) is 0 Å². The number of hydrogen-bond acceptors (Lipinski definition) is 4. The Morgan fingerprint density at radius 2 is 2.00 bits per heavy atom. The molecule has 0 aliphatic rings. The van der Waals surface area contributed by atoms with E-state index in [-0.39, 0.29) is 5.75 Å². The highest BCUT2D eigenvalue weighted by atomic mass is 79.9. The Morgan fingerprint density at radius 3 is 2.70 bits per heavy atom. The van der Waals surface area contributed by atoms with Crippen molar-refractivity contribution in [3.63, 3.8) is 0 Å². The lowest BCUT2D eigenvalue weighted by Gasteiger charge is -2.10. The lowest BCUT2D eigenvalue weighted by Crippen LogP contribution is -2.15. The number of nitrogens with two attached hydrogens (primary N) is 1. The molecule has 0 aliphatic heterocycles. The van der Waals surface area contributed by atoms with Crippen LogP contribution in [0.5, 0.6) is 0 Å². The zero-order valence-electron chi connectivity index (χ0n) is 10.6. The SMILES string of the molecule is NCc1cccc(CS(=O)(=O)Nc2ccncc2Br)c1. The zero-order chi connectivity index (χ0) is 14.6. The first-order valence-electron chi connectivity index (χ1n) is 5.88. The van der Waals surface area contributed by atoms with Gasteiger partial charge in [0, 0.05) is 18.9 Å². The molecule has 1 aromatic carbocycles. The van der Waals surface area contributed by atoms with Crippen LogP contribution in [0.3, 0.4) is 0 Å². The van der Waals surface area contributed by atoms with E-state index in [4.69, 9.17) is 5.73 Å². The number of hydrogen-bond donors (Lipinski definition) is 2. The summed E-state index contributed by atoms with van der Waals surface area (Å²) in [6, 6.07) is 8.82. The Bertz CT molecular complexity index is 704. The molecule has 2 rings (SSSR count). The first-order valence-corrected chi connectivity index (χ1v) is 8.32. The fourth-order valence-electron chi connectivity index (χ4n) is 1.73. The summed E-state index contributed by atoms with van der Waals surface area (Å²) in [5.41, 5.74) is 7.62. The van der Waals surface area contributed by atoms with Crippen LogP contribution in [0, 0.1) is 0 Å². The molecular formula is C13H14BrN3O2S. The van der Waals surface area contributed by atoms with E-state index in [9.17, 15) is 8.42 Å². The van der Waals surface area contributed by atoms with Gasteiger partial charge in [0.1, 0.15) is 0 Å². The molecule has 0 unspecified atom stereocenters. The van der Waals surface area contributed by atoms with Gasteiger partial charge in [0.05, 0.1) is 15.9 Å². The molecule has 1 heterocycles. The number of sulfonamides is 1. The molecule has 0 fully saturated rings. The Morgan fingerprint density at radius 1 is 1.25 bits per heavy atom. The smallest absolute Gasteiger partial charge is 0.236 e. The third kappa shape index (κ3) is 4.03. The van der Waals surface area contributed by atoms with Crippen molar-refractivity contribution >= 4 is 31.6 Å². The van der Waals surface area contributed by atoms with Crippen LogP contribution in [0.2, 0.25) is 0 Å². The van der Waals surface area contributed by atoms with Crippen molar-refractivity contribution in [2.45, 2.75) is 12.3 Å². The van der Waals surface area contributed by atoms with E-state index in [2.05, 4.69) is 25.6 Å². The van der Waals surface area contributed by atoms with Crippen LogP contribution in [0.4, 0.5) is 5.69 Å². The minimum absolute atomic E-state index is 0.102. The van der Waals surface area contributed by atoms with Crippen LogP contribution in [0.15, 0.2) is 47.2 Å². The summed E-state index contributed by atoms with van der Waals surface area (Å²) >= 11 is 3.25. The van der Waals surface area contributed by atoms with Gasteiger partial charge in [-0.15, -0.1) is 0 Å². The molecule has 0 aliphatic carbocycles. The molecule has 0 spiro atoms. The van der Waals surface area contributed by atoms with Crippen LogP contribution >= 0.6 is 15.9 Å². The van der Waals surface area contributed by atoms with Crippen molar-refractivity contribution in [1.82, 2.24) is 4.98 Å². The van der Waals surface area contributed by atoms with E-state index < -0.39 is 10.0 Å². The number of rotatable bonds is 5. The maximum Gasteiger partial charge on any atom is 0.236 e. The topological polar surface area (TPSA) is 85.1 Å². The largest absolute Gasteiger partial charge is 0.326 e. The van der Waals surface area contributed by atoms with Crippen molar-refractivity contribution < 1.29 is 8.42 Å². The zero-order valence-corrected chi connectivity index (χ0v) is 13.0. The van der Waals surface area contributed by atoms with Gasteiger partial charge in [0.2, 0.25) is 10.0 Å². The second-order valence-electron chi connectivity index (χ2n) is 4.24. The summed E-state index contributed by atoms with van der Waals surface area (Å²) in [4.78, 5) is 3.89. The van der Waals surface area contributed by atoms with E-state index in [0.717, 1.165) is 5.56 Å². The standard InChI is InChI=1S/C13H14BrN3O2S/c14-12-8-16-5-4-13(12)17-20(18,19)9-11-3-1-2-10(6-11)7-15/h1-6,8H,7,9,15H2,(H,16,17). The van der Waals surface area contributed by atoms with Gasteiger partial charge in [-0.2, -0.15) is 0 Å². The molecule has 2 aromatic rings. The van der Waals surface area contributed by atoms with Crippen LogP contribution < -0.4 is 10.5 Å². The summed E-state index contributed by atoms with van der Waals surface area (Å²) in [5.74, 6) is -0.102. The van der Waals surface area contributed by atoms with Gasteiger partial charge >= 0.3 is 0 Å². The summed E-state index contributed by atoms with van der Waals surface area (Å²) < 4.78 is 27.4. The number of nitrogens with one attached hydrogen (secondary N) is 1. The van der Waals surface area contributed by atoms with Crippen LogP contribution in [-0.2, 0) is 22.3 Å². The highest BCUT2D eigenvalue weighted by Crippen LogP contribution is 2.22. The normalized spacial score (nSPS) is 11.3. The minimum Gasteiger partial charge on any atom is -0.326 e. The maximum atomic E-state index is 12.1. The van der Waals surface area contributed by atoms with Gasteiger partial charge in [0.15, 0.2) is 0 Å². The van der Waals surface area contributed by atoms with E-state index in [1.807, 2.05) is 6.07 Å². The Hall–Kier alpha value is -1.44. The van der Waals surface area contributed by atoms with Crippen LogP contribution in [-0.4, -0.2) is 13.4 Å². The first kappa shape index (κ1) is 15.0. The molecule has 0 amide bonds. The Kier molecular flexibility index (Phi) is 4.74. The minimum atomic E-state index is -3.48. The third-order valence-electron chi connectivity index (χ3n) is 2.62. The van der Waals surface area contributed by atoms with Crippen LogP contribution in [0.1, 0.15) is 11.1 Å². The number of anilines is 1. The fraction of sp³-hybridized carbons (Fsp3) is 0.154. The predicted octanol–water partition coefficient (Wildman–Crippen LogP) is 2.24. The molecule has 0 saturated heterocycles. The summed E-state index contributed by atoms with van der Waals surface area (Å²) in [6.45, 7) is 0.386. The van der Waals surface area contributed by atoms with Gasteiger partial charge in [-0.1, -0.05) is 24.3 Å². The molecular weight excluding hydrogens is 342 g/mol. The number of nitrogens with zero attached hydrogens (tertiary/aromatic N) is 1. The molecule has 0 radical (unpaired) electrons. The summed E-state index contributed by atoms with van der Waals surface area (Å²) in [7, 11) is -3.48. The molecule has 1 aromatic heterocycles. The van der Waals surface area contributed by atoms with E-state index in [1.54, 1.807) is 24.3 Å². The molecule has 20 heavy (non-hydrogen) atoms. The highest BCUT2D eigenvalue weighted by molar-refractivity contribution is 9.10. The number of pyridine rings is 1. The molecule has 0 saturated carbocycles. The van der Waals surface area contributed by atoms with E-state index in [1.165, 1.54) is 12.4 Å². The molecule has 106 valence electrons. The lowest BCUT2D eigenvalue weighted by molar-refractivity contribution is 0.600. The molecule has 3 N–H and O–H groups in total. The molecule has 7 heteroatoms. The second kappa shape index (κ2) is 6.34. The van der Waals surface area contributed by atoms with Gasteiger partial charge in [-0.3, -0.25) is 9.71 Å². The first-order chi connectivity index (χ1) is 9.50. The maximum absolute atomic E-state index is 12.1. The quantitative estimate of drug-likeness (QED) is 0.861. The Balaban J connectivity index is 2.17. The molecule has 5 nitrogen and oxygen atoms in total. The van der Waals surface area contributed by atoms with Crippen LogP contribution in [0.25, 0.3) is 0 Å². The summed E-state index contributed by atoms with van der Waals surface area (Å²) in [5, 5.41) is 0. The predicted molar refractivity (Wildman–Crippen MR) is 82.5 cm³/mol. The second-order valence-corrected chi connectivity index (χ2v) is 6.82. The number of benzene rings is 1. The van der Waals surface area contributed by atoms with Crippen molar-refractivity contribution in [1.29, 1.82) is 0 Å². The van der Waals surface area contributed by atoms with Gasteiger partial charge in [-0.25, -0.2) is 8.42 Å². The average Bonchev–Trinajstić information content (AvgIpc) is 2.41. The highest BCUT2D eigenvalue weighted by Gasteiger charge is 2.13. The number of halogens is 1.